The monoisotopic (exact) mass is 330 g/mol. The molecular weight excluding hydrogens is 296 g/mol. The normalized spacial score (nSPS) is 12.1. The predicted octanol–water partition coefficient (Wildman–Crippen LogP) is 3.74. The highest BCUT2D eigenvalue weighted by Crippen LogP contribution is 2.21. The second-order valence-corrected chi connectivity index (χ2v) is 8.17. The number of ether oxygens (including phenoxy) is 3. The molecule has 0 N–H and O–H groups in total. The lowest BCUT2D eigenvalue weighted by molar-refractivity contribution is -0.147. The maximum atomic E-state index is 11.5. The van der Waals surface area contributed by atoms with Crippen LogP contribution in [0.2, 0.25) is 0 Å². The van der Waals surface area contributed by atoms with Crippen molar-refractivity contribution in [2.24, 2.45) is 10.8 Å². The Labute approximate surface area is 141 Å². The third kappa shape index (κ3) is 17.1. The molecule has 0 spiro atoms. The van der Waals surface area contributed by atoms with Gasteiger partial charge < -0.3 is 14.2 Å². The van der Waals surface area contributed by atoms with Crippen LogP contribution in [0.1, 0.15) is 67.2 Å². The summed E-state index contributed by atoms with van der Waals surface area (Å²) in [4.78, 5) is 22.9. The first kappa shape index (κ1) is 21.9. The summed E-state index contributed by atoms with van der Waals surface area (Å²) < 4.78 is 15.4. The third-order valence-corrected chi connectivity index (χ3v) is 3.14. The van der Waals surface area contributed by atoms with Crippen LogP contribution in [0.25, 0.3) is 0 Å². The molecule has 0 aromatic heterocycles. The molecule has 0 saturated carbocycles. The highest BCUT2D eigenvalue weighted by molar-refractivity contribution is 5.69. The lowest BCUT2D eigenvalue weighted by Gasteiger charge is -2.17. The Balaban J connectivity index is 3.46. The van der Waals surface area contributed by atoms with E-state index in [0.717, 1.165) is 12.8 Å². The second-order valence-electron chi connectivity index (χ2n) is 8.17. The zero-order valence-electron chi connectivity index (χ0n) is 15.7. The number of esters is 2. The van der Waals surface area contributed by atoms with Crippen molar-refractivity contribution >= 4 is 11.9 Å². The van der Waals surface area contributed by atoms with Gasteiger partial charge in [-0.15, -0.1) is 0 Å². The van der Waals surface area contributed by atoms with E-state index in [-0.39, 0.29) is 36.0 Å². The van der Waals surface area contributed by atoms with Crippen molar-refractivity contribution in [2.45, 2.75) is 67.2 Å². The molecule has 0 radical (unpaired) electrons. The summed E-state index contributed by atoms with van der Waals surface area (Å²) in [6.45, 7) is 13.7. The molecule has 0 aliphatic heterocycles. The van der Waals surface area contributed by atoms with Crippen LogP contribution < -0.4 is 0 Å². The molecule has 0 bridgehead atoms. The molecule has 0 aromatic carbocycles. The van der Waals surface area contributed by atoms with E-state index in [1.807, 2.05) is 0 Å². The number of hydrogen-bond donors (Lipinski definition) is 0. The first-order valence-corrected chi connectivity index (χ1v) is 8.39. The second kappa shape index (κ2) is 10.6. The van der Waals surface area contributed by atoms with E-state index in [0.29, 0.717) is 26.1 Å². The van der Waals surface area contributed by atoms with E-state index in [1.54, 1.807) is 0 Å². The number of hydrogen-bond acceptors (Lipinski definition) is 5. The molecule has 0 heterocycles. The van der Waals surface area contributed by atoms with Gasteiger partial charge in [0.05, 0.1) is 13.2 Å². The first-order chi connectivity index (χ1) is 10.5. The van der Waals surface area contributed by atoms with Crippen LogP contribution in [0.5, 0.6) is 0 Å². The lowest BCUT2D eigenvalue weighted by Crippen LogP contribution is -2.16. The van der Waals surface area contributed by atoms with E-state index < -0.39 is 0 Å². The quantitative estimate of drug-likeness (QED) is 0.451. The average Bonchev–Trinajstić information content (AvgIpc) is 2.40. The Kier molecular flexibility index (Phi) is 10.1. The minimum Gasteiger partial charge on any atom is -0.463 e. The van der Waals surface area contributed by atoms with Crippen molar-refractivity contribution in [3.63, 3.8) is 0 Å². The van der Waals surface area contributed by atoms with Crippen LogP contribution in [0.3, 0.4) is 0 Å². The Hall–Kier alpha value is -1.10. The minimum atomic E-state index is -0.197. The molecule has 5 nitrogen and oxygen atoms in total. The van der Waals surface area contributed by atoms with Gasteiger partial charge in [0.2, 0.25) is 0 Å². The van der Waals surface area contributed by atoms with Gasteiger partial charge in [-0.05, 0) is 23.7 Å². The lowest BCUT2D eigenvalue weighted by atomic mass is 9.91. The highest BCUT2D eigenvalue weighted by atomic mass is 16.6. The molecule has 0 saturated heterocycles. The molecule has 136 valence electrons. The fraction of sp³-hybridized carbons (Fsp3) is 0.889. The summed E-state index contributed by atoms with van der Waals surface area (Å²) in [5.74, 6) is -0.394. The van der Waals surface area contributed by atoms with Crippen molar-refractivity contribution in [1.82, 2.24) is 0 Å². The maximum Gasteiger partial charge on any atom is 0.305 e. The smallest absolute Gasteiger partial charge is 0.305 e. The van der Waals surface area contributed by atoms with Gasteiger partial charge in [-0.3, -0.25) is 9.59 Å². The van der Waals surface area contributed by atoms with Crippen LogP contribution in [0.15, 0.2) is 0 Å². The summed E-state index contributed by atoms with van der Waals surface area (Å²) in [7, 11) is 0. The zero-order valence-corrected chi connectivity index (χ0v) is 15.7. The average molecular weight is 330 g/mol. The fourth-order valence-electron chi connectivity index (χ4n) is 1.63. The zero-order chi connectivity index (χ0) is 17.9. The molecule has 23 heavy (non-hydrogen) atoms. The Morgan fingerprint density at radius 3 is 1.30 bits per heavy atom. The summed E-state index contributed by atoms with van der Waals surface area (Å²) in [5, 5.41) is 0. The Morgan fingerprint density at radius 2 is 1.00 bits per heavy atom. The largest absolute Gasteiger partial charge is 0.463 e. The van der Waals surface area contributed by atoms with Crippen molar-refractivity contribution in [2.75, 3.05) is 26.4 Å². The minimum absolute atomic E-state index is 0.131. The Bertz CT molecular complexity index is 315. The summed E-state index contributed by atoms with van der Waals surface area (Å²) in [6.07, 6.45) is 2.46. The van der Waals surface area contributed by atoms with Crippen molar-refractivity contribution < 1.29 is 23.8 Å². The van der Waals surface area contributed by atoms with Gasteiger partial charge in [-0.25, -0.2) is 0 Å². The topological polar surface area (TPSA) is 61.8 Å². The molecule has 5 heteroatoms. The highest BCUT2D eigenvalue weighted by Gasteiger charge is 2.14. The molecule has 0 unspecified atom stereocenters. The van der Waals surface area contributed by atoms with Crippen LogP contribution in [0.4, 0.5) is 0 Å². The predicted molar refractivity (Wildman–Crippen MR) is 90.1 cm³/mol. The molecule has 0 aliphatic carbocycles. The molecule has 0 atom stereocenters. The van der Waals surface area contributed by atoms with E-state index >= 15 is 0 Å². The van der Waals surface area contributed by atoms with Crippen molar-refractivity contribution in [3.8, 4) is 0 Å². The van der Waals surface area contributed by atoms with Crippen LogP contribution in [-0.4, -0.2) is 38.4 Å². The molecule has 0 rings (SSSR count). The van der Waals surface area contributed by atoms with Crippen LogP contribution in [0, 0.1) is 10.8 Å². The first-order valence-electron chi connectivity index (χ1n) is 8.39. The van der Waals surface area contributed by atoms with Crippen molar-refractivity contribution in [3.05, 3.63) is 0 Å². The molecule has 0 amide bonds. The van der Waals surface area contributed by atoms with E-state index in [9.17, 15) is 9.59 Å². The van der Waals surface area contributed by atoms with Gasteiger partial charge in [-0.2, -0.15) is 0 Å². The van der Waals surface area contributed by atoms with Gasteiger partial charge >= 0.3 is 11.9 Å². The van der Waals surface area contributed by atoms with Gasteiger partial charge in [0.25, 0.3) is 0 Å². The van der Waals surface area contributed by atoms with Crippen molar-refractivity contribution in [1.29, 1.82) is 0 Å². The summed E-state index contributed by atoms with van der Waals surface area (Å²) in [5.41, 5.74) is 0.263. The molecule has 0 aromatic rings. The van der Waals surface area contributed by atoms with Crippen LogP contribution in [-0.2, 0) is 23.8 Å². The van der Waals surface area contributed by atoms with Gasteiger partial charge in [0, 0.05) is 12.8 Å². The Morgan fingerprint density at radius 1 is 0.652 bits per heavy atom. The summed E-state index contributed by atoms with van der Waals surface area (Å²) >= 11 is 0. The number of carbonyl (C=O) groups excluding carboxylic acids is 2. The van der Waals surface area contributed by atoms with Gasteiger partial charge in [-0.1, -0.05) is 41.5 Å². The van der Waals surface area contributed by atoms with Gasteiger partial charge in [0.1, 0.15) is 13.2 Å². The number of rotatable bonds is 10. The standard InChI is InChI=1S/C18H34O5/c1-17(2,3)9-7-15(19)22-13-11-21-12-14-23-16(20)8-10-18(4,5)6/h7-14H2,1-6H3. The van der Waals surface area contributed by atoms with Gasteiger partial charge in [0.15, 0.2) is 0 Å². The van der Waals surface area contributed by atoms with E-state index in [4.69, 9.17) is 14.2 Å². The number of carbonyl (C=O) groups is 2. The molecular formula is C18H34O5. The maximum absolute atomic E-state index is 11.5. The SMILES string of the molecule is CC(C)(C)CCC(=O)OCCOCCOC(=O)CCC(C)(C)C. The van der Waals surface area contributed by atoms with E-state index in [1.165, 1.54) is 0 Å². The third-order valence-electron chi connectivity index (χ3n) is 3.14. The molecule has 0 fully saturated rings. The van der Waals surface area contributed by atoms with Crippen LogP contribution >= 0.6 is 0 Å². The van der Waals surface area contributed by atoms with E-state index in [2.05, 4.69) is 41.5 Å². The summed E-state index contributed by atoms with van der Waals surface area (Å²) in [6, 6.07) is 0. The molecule has 0 aliphatic rings. The fourth-order valence-corrected chi connectivity index (χ4v) is 1.63.